The van der Waals surface area contributed by atoms with E-state index in [0.29, 0.717) is 6.54 Å². The van der Waals surface area contributed by atoms with Gasteiger partial charge >= 0.3 is 0 Å². The highest BCUT2D eigenvalue weighted by atomic mass is 16.2. The van der Waals surface area contributed by atoms with E-state index in [0.717, 1.165) is 64.7 Å². The molecule has 208 valence electrons. The van der Waals surface area contributed by atoms with Crippen molar-refractivity contribution in [2.24, 2.45) is 0 Å². The number of carbonyl (C=O) groups excluding carboxylic acids is 2. The molecule has 3 saturated heterocycles. The molecule has 3 aromatic carbocycles. The van der Waals surface area contributed by atoms with Crippen LogP contribution in [0.5, 0.6) is 0 Å². The molecular weight excluding hydrogens is 494 g/mol. The number of likely N-dealkylation sites (tertiary alicyclic amines) is 1. The van der Waals surface area contributed by atoms with Gasteiger partial charge in [-0.2, -0.15) is 0 Å². The molecule has 0 aromatic heterocycles. The molecule has 5 heteroatoms. The van der Waals surface area contributed by atoms with Crippen molar-refractivity contribution in [2.45, 2.75) is 62.4 Å². The smallest absolute Gasteiger partial charge is 0.249 e. The molecule has 3 heterocycles. The molecule has 1 spiro atoms. The van der Waals surface area contributed by atoms with E-state index in [9.17, 15) is 9.59 Å². The van der Waals surface area contributed by atoms with Gasteiger partial charge in [-0.15, -0.1) is 0 Å². The van der Waals surface area contributed by atoms with Crippen LogP contribution in [0, 0.1) is 0 Å². The topological polar surface area (TPSA) is 43.9 Å². The number of nitrogens with zero attached hydrogens (tertiary/aromatic N) is 3. The molecule has 0 N–H and O–H groups in total. The van der Waals surface area contributed by atoms with Crippen molar-refractivity contribution in [1.82, 2.24) is 14.7 Å². The van der Waals surface area contributed by atoms with Crippen molar-refractivity contribution >= 4 is 11.8 Å². The van der Waals surface area contributed by atoms with Crippen LogP contribution in [0.4, 0.5) is 0 Å². The Kier molecular flexibility index (Phi) is 8.01. The molecule has 0 aliphatic carbocycles. The fourth-order valence-corrected chi connectivity index (χ4v) is 7.20. The highest BCUT2D eigenvalue weighted by Crippen LogP contribution is 2.41. The standard InChI is InChI=1S/C35H41N3O2/c39-33-32-20-12-24-37(32)34(40)35(21-25-36(26-22-35)23-11-10-15-28-13-4-1-5-14-28)38(33)27-31(29-16-6-2-7-17-29)30-18-8-3-9-19-30/h1-9,13-14,16-19,31-32H,10-12,15,20-27H2. The number of benzene rings is 3. The van der Waals surface area contributed by atoms with Crippen LogP contribution in [-0.4, -0.2) is 70.8 Å². The maximum atomic E-state index is 14.2. The Bertz CT molecular complexity index is 1230. The Morgan fingerprint density at radius 1 is 0.750 bits per heavy atom. The average Bonchev–Trinajstić information content (AvgIpc) is 3.51. The third kappa shape index (κ3) is 5.32. The van der Waals surface area contributed by atoms with Gasteiger partial charge in [-0.25, -0.2) is 0 Å². The van der Waals surface area contributed by atoms with Gasteiger partial charge in [0.05, 0.1) is 0 Å². The van der Waals surface area contributed by atoms with E-state index < -0.39 is 5.54 Å². The van der Waals surface area contributed by atoms with E-state index in [1.165, 1.54) is 23.1 Å². The summed E-state index contributed by atoms with van der Waals surface area (Å²) in [6.07, 6.45) is 6.56. The number of amides is 2. The quantitative estimate of drug-likeness (QED) is 0.340. The number of hydrogen-bond donors (Lipinski definition) is 0. The van der Waals surface area contributed by atoms with E-state index in [2.05, 4.69) is 83.8 Å². The van der Waals surface area contributed by atoms with Crippen molar-refractivity contribution in [3.8, 4) is 0 Å². The molecule has 1 unspecified atom stereocenters. The fourth-order valence-electron chi connectivity index (χ4n) is 7.20. The third-order valence-electron chi connectivity index (χ3n) is 9.46. The Morgan fingerprint density at radius 2 is 1.35 bits per heavy atom. The van der Waals surface area contributed by atoms with Gasteiger partial charge in [-0.1, -0.05) is 91.0 Å². The minimum atomic E-state index is -0.736. The normalized spacial score (nSPS) is 20.9. The molecule has 3 aliphatic heterocycles. The SMILES string of the molecule is O=C1C2CCCN2C(=O)C2(CCN(CCCCc3ccccc3)CC2)N1CC(c1ccccc1)c1ccccc1. The number of piperazine rings is 1. The minimum Gasteiger partial charge on any atom is -0.329 e. The molecule has 3 aromatic rings. The van der Waals surface area contributed by atoms with Gasteiger partial charge in [0, 0.05) is 32.1 Å². The van der Waals surface area contributed by atoms with Crippen LogP contribution in [0.2, 0.25) is 0 Å². The molecule has 40 heavy (non-hydrogen) atoms. The monoisotopic (exact) mass is 535 g/mol. The molecule has 0 radical (unpaired) electrons. The third-order valence-corrected chi connectivity index (χ3v) is 9.46. The van der Waals surface area contributed by atoms with Crippen LogP contribution in [0.25, 0.3) is 0 Å². The second kappa shape index (κ2) is 12.0. The van der Waals surface area contributed by atoms with Crippen molar-refractivity contribution in [2.75, 3.05) is 32.7 Å². The van der Waals surface area contributed by atoms with Crippen molar-refractivity contribution in [3.63, 3.8) is 0 Å². The number of hydrogen-bond acceptors (Lipinski definition) is 3. The maximum Gasteiger partial charge on any atom is 0.249 e. The van der Waals surface area contributed by atoms with Crippen LogP contribution in [0.1, 0.15) is 61.1 Å². The second-order valence-corrected chi connectivity index (χ2v) is 11.8. The van der Waals surface area contributed by atoms with Crippen LogP contribution in [0.15, 0.2) is 91.0 Å². The zero-order chi connectivity index (χ0) is 27.4. The summed E-state index contributed by atoms with van der Waals surface area (Å²) >= 11 is 0. The van der Waals surface area contributed by atoms with Crippen molar-refractivity contribution in [3.05, 3.63) is 108 Å². The van der Waals surface area contributed by atoms with Gasteiger partial charge in [-0.3, -0.25) is 9.59 Å². The molecule has 3 fully saturated rings. The number of rotatable bonds is 9. The summed E-state index contributed by atoms with van der Waals surface area (Å²) in [5, 5.41) is 0. The summed E-state index contributed by atoms with van der Waals surface area (Å²) in [7, 11) is 0. The highest BCUT2D eigenvalue weighted by molar-refractivity contribution is 6.00. The first-order valence-corrected chi connectivity index (χ1v) is 15.1. The predicted octanol–water partition coefficient (Wildman–Crippen LogP) is 5.51. The van der Waals surface area contributed by atoms with Gasteiger partial charge in [0.2, 0.25) is 11.8 Å². The van der Waals surface area contributed by atoms with Gasteiger partial charge in [0.25, 0.3) is 0 Å². The molecule has 2 amide bonds. The molecule has 3 aliphatic rings. The first-order chi connectivity index (χ1) is 19.7. The van der Waals surface area contributed by atoms with Gasteiger partial charge in [-0.05, 0) is 68.2 Å². The molecule has 1 atom stereocenters. The Morgan fingerprint density at radius 3 is 1.98 bits per heavy atom. The summed E-state index contributed by atoms with van der Waals surface area (Å²) in [4.78, 5) is 34.9. The number of piperidine rings is 1. The average molecular weight is 536 g/mol. The summed E-state index contributed by atoms with van der Waals surface area (Å²) in [5.41, 5.74) is 3.04. The van der Waals surface area contributed by atoms with Crippen LogP contribution < -0.4 is 0 Å². The predicted molar refractivity (Wildman–Crippen MR) is 159 cm³/mol. The maximum absolute atomic E-state index is 14.2. The summed E-state index contributed by atoms with van der Waals surface area (Å²) in [5.74, 6) is 0.378. The lowest BCUT2D eigenvalue weighted by molar-refractivity contribution is -0.172. The number of unbranched alkanes of at least 4 members (excludes halogenated alkanes) is 1. The Labute approximate surface area is 238 Å². The first-order valence-electron chi connectivity index (χ1n) is 15.1. The van der Waals surface area contributed by atoms with E-state index in [4.69, 9.17) is 0 Å². The zero-order valence-corrected chi connectivity index (χ0v) is 23.5. The zero-order valence-electron chi connectivity index (χ0n) is 23.5. The van der Waals surface area contributed by atoms with Crippen molar-refractivity contribution < 1.29 is 9.59 Å². The summed E-state index contributed by atoms with van der Waals surface area (Å²) in [6, 6.07) is 31.4. The van der Waals surface area contributed by atoms with Crippen LogP contribution >= 0.6 is 0 Å². The number of carbonyl (C=O) groups is 2. The lowest BCUT2D eigenvalue weighted by Crippen LogP contribution is -2.72. The lowest BCUT2D eigenvalue weighted by atomic mass is 9.79. The fraction of sp³-hybridized carbons (Fsp3) is 0.429. The Hall–Kier alpha value is -3.44. The minimum absolute atomic E-state index is 0.0278. The van der Waals surface area contributed by atoms with E-state index >= 15 is 0 Å². The summed E-state index contributed by atoms with van der Waals surface area (Å²) < 4.78 is 0. The van der Waals surface area contributed by atoms with Gasteiger partial charge in [0.1, 0.15) is 11.6 Å². The first kappa shape index (κ1) is 26.8. The van der Waals surface area contributed by atoms with Crippen LogP contribution in [0.3, 0.4) is 0 Å². The summed E-state index contributed by atoms with van der Waals surface area (Å²) in [6.45, 7) is 4.03. The molecule has 6 rings (SSSR count). The van der Waals surface area contributed by atoms with Crippen molar-refractivity contribution in [1.29, 1.82) is 0 Å². The second-order valence-electron chi connectivity index (χ2n) is 11.8. The largest absolute Gasteiger partial charge is 0.329 e. The number of aryl methyl sites for hydroxylation is 1. The van der Waals surface area contributed by atoms with E-state index in [-0.39, 0.29) is 23.8 Å². The van der Waals surface area contributed by atoms with Gasteiger partial charge in [0.15, 0.2) is 0 Å². The molecular formula is C35H41N3O2. The molecule has 0 saturated carbocycles. The highest BCUT2D eigenvalue weighted by Gasteiger charge is 2.58. The molecule has 0 bridgehead atoms. The molecule has 5 nitrogen and oxygen atoms in total. The van der Waals surface area contributed by atoms with E-state index in [1.807, 2.05) is 21.9 Å². The van der Waals surface area contributed by atoms with E-state index in [1.54, 1.807) is 0 Å². The number of fused-ring (bicyclic) bond motifs is 1. The lowest BCUT2D eigenvalue weighted by Gasteiger charge is -2.54. The van der Waals surface area contributed by atoms with Crippen LogP contribution in [-0.2, 0) is 16.0 Å². The van der Waals surface area contributed by atoms with Gasteiger partial charge < -0.3 is 14.7 Å². The Balaban J connectivity index is 1.20.